The Kier molecular flexibility index (Phi) is 6.01. The Morgan fingerprint density at radius 1 is 1.14 bits per heavy atom. The molecule has 1 heterocycles. The number of piperazine rings is 1. The van der Waals surface area contributed by atoms with Gasteiger partial charge in [-0.1, -0.05) is 30.9 Å². The smallest absolute Gasteiger partial charge is 0.214 e. The molecule has 1 aromatic carbocycles. The van der Waals surface area contributed by atoms with Gasteiger partial charge in [0.1, 0.15) is 0 Å². The maximum atomic E-state index is 12.0. The lowest BCUT2D eigenvalue weighted by Gasteiger charge is -2.32. The van der Waals surface area contributed by atoms with E-state index in [9.17, 15) is 8.42 Å². The summed E-state index contributed by atoms with van der Waals surface area (Å²) in [4.78, 5) is 2.20. The highest BCUT2D eigenvalue weighted by Gasteiger charge is 2.25. The summed E-state index contributed by atoms with van der Waals surface area (Å²) in [5.41, 5.74) is 1.96. The Bertz CT molecular complexity index is 633. The molecule has 0 unspecified atom stereocenters. The lowest BCUT2D eigenvalue weighted by Crippen LogP contribution is -2.49. The van der Waals surface area contributed by atoms with Crippen molar-refractivity contribution in [2.45, 2.75) is 13.3 Å². The summed E-state index contributed by atoms with van der Waals surface area (Å²) in [7, 11) is -3.06. The van der Waals surface area contributed by atoms with Gasteiger partial charge in [-0.2, -0.15) is 4.31 Å². The highest BCUT2D eigenvalue weighted by molar-refractivity contribution is 7.89. The fraction of sp³-hybridized carbons (Fsp3) is 0.471. The van der Waals surface area contributed by atoms with E-state index in [1.807, 2.05) is 31.2 Å². The van der Waals surface area contributed by atoms with Gasteiger partial charge < -0.3 is 0 Å². The highest BCUT2D eigenvalue weighted by atomic mass is 32.2. The molecule has 0 atom stereocenters. The molecule has 4 nitrogen and oxygen atoms in total. The number of hydrogen-bond donors (Lipinski definition) is 0. The van der Waals surface area contributed by atoms with Crippen LogP contribution in [-0.2, 0) is 10.0 Å². The second-order valence-electron chi connectivity index (χ2n) is 5.49. The molecule has 1 aliphatic heterocycles. The van der Waals surface area contributed by atoms with Gasteiger partial charge in [-0.3, -0.25) is 4.90 Å². The zero-order chi connectivity index (χ0) is 16.0. The van der Waals surface area contributed by atoms with Crippen molar-refractivity contribution in [3.63, 3.8) is 0 Å². The number of hydrogen-bond acceptors (Lipinski definition) is 3. The van der Waals surface area contributed by atoms with Crippen LogP contribution in [0.3, 0.4) is 0 Å². The molecule has 22 heavy (non-hydrogen) atoms. The molecule has 1 aromatic rings. The van der Waals surface area contributed by atoms with Crippen LogP contribution in [0.4, 0.5) is 0 Å². The largest absolute Gasteiger partial charge is 0.290 e. The molecular formula is C17H23N2O2S. The normalized spacial score (nSPS) is 17.0. The van der Waals surface area contributed by atoms with Gasteiger partial charge >= 0.3 is 0 Å². The predicted molar refractivity (Wildman–Crippen MR) is 89.9 cm³/mol. The minimum atomic E-state index is -3.06. The van der Waals surface area contributed by atoms with E-state index in [1.165, 1.54) is 0 Å². The maximum absolute atomic E-state index is 12.0. The summed E-state index contributed by atoms with van der Waals surface area (Å²) in [6.45, 7) is 9.04. The SMILES string of the molecule is [CH2]c1ccc(C#CCN2CCN(S(=O)(=O)CCC)CC2)cc1. The topological polar surface area (TPSA) is 40.6 Å². The van der Waals surface area contributed by atoms with Gasteiger partial charge in [0.15, 0.2) is 0 Å². The van der Waals surface area contributed by atoms with E-state index in [2.05, 4.69) is 23.7 Å². The van der Waals surface area contributed by atoms with Gasteiger partial charge in [0.2, 0.25) is 10.0 Å². The molecule has 0 bridgehead atoms. The van der Waals surface area contributed by atoms with Crippen molar-refractivity contribution in [2.75, 3.05) is 38.5 Å². The lowest BCUT2D eigenvalue weighted by molar-refractivity contribution is 0.207. The lowest BCUT2D eigenvalue weighted by atomic mass is 10.1. The average molecular weight is 319 g/mol. The molecule has 1 radical (unpaired) electrons. The van der Waals surface area contributed by atoms with E-state index < -0.39 is 10.0 Å². The molecule has 0 amide bonds. The van der Waals surface area contributed by atoms with E-state index in [4.69, 9.17) is 0 Å². The van der Waals surface area contributed by atoms with Crippen molar-refractivity contribution < 1.29 is 8.42 Å². The molecule has 1 aliphatic rings. The van der Waals surface area contributed by atoms with Crippen molar-refractivity contribution in [1.29, 1.82) is 0 Å². The number of nitrogens with zero attached hydrogens (tertiary/aromatic N) is 2. The highest BCUT2D eigenvalue weighted by Crippen LogP contribution is 2.08. The van der Waals surface area contributed by atoms with Crippen molar-refractivity contribution in [1.82, 2.24) is 9.21 Å². The zero-order valence-corrected chi connectivity index (χ0v) is 13.9. The summed E-state index contributed by atoms with van der Waals surface area (Å²) in [6.07, 6.45) is 0.667. The maximum Gasteiger partial charge on any atom is 0.214 e. The van der Waals surface area contributed by atoms with Crippen LogP contribution in [0.2, 0.25) is 0 Å². The van der Waals surface area contributed by atoms with Crippen LogP contribution in [0.5, 0.6) is 0 Å². The van der Waals surface area contributed by atoms with E-state index in [0.29, 0.717) is 26.1 Å². The third kappa shape index (κ3) is 4.84. The fourth-order valence-electron chi connectivity index (χ4n) is 2.39. The summed E-state index contributed by atoms with van der Waals surface area (Å²) in [5.74, 6) is 6.53. The Hall–Kier alpha value is -1.35. The molecule has 0 saturated carbocycles. The minimum Gasteiger partial charge on any atom is -0.290 e. The van der Waals surface area contributed by atoms with Gasteiger partial charge in [0.25, 0.3) is 0 Å². The molecule has 5 heteroatoms. The first-order chi connectivity index (χ1) is 10.5. The molecule has 2 rings (SSSR count). The molecule has 0 aliphatic carbocycles. The molecule has 1 fully saturated rings. The van der Waals surface area contributed by atoms with Gasteiger partial charge in [0, 0.05) is 31.7 Å². The first kappa shape index (κ1) is 17.0. The monoisotopic (exact) mass is 319 g/mol. The number of sulfonamides is 1. The fourth-order valence-corrected chi connectivity index (χ4v) is 3.89. The standard InChI is InChI=1S/C17H23N2O2S/c1-3-15-22(20,21)19-13-11-18(12-14-19)10-4-5-17-8-6-16(2)7-9-17/h6-9H,2-3,10-15H2,1H3. The van der Waals surface area contributed by atoms with Crippen LogP contribution in [0.15, 0.2) is 24.3 Å². The van der Waals surface area contributed by atoms with Crippen molar-refractivity contribution in [2.24, 2.45) is 0 Å². The van der Waals surface area contributed by atoms with Crippen LogP contribution in [0, 0.1) is 18.8 Å². The van der Waals surface area contributed by atoms with Crippen molar-refractivity contribution >= 4 is 10.0 Å². The number of rotatable bonds is 4. The molecular weight excluding hydrogens is 296 g/mol. The summed E-state index contributed by atoms with van der Waals surface area (Å²) in [5, 5.41) is 0. The van der Waals surface area contributed by atoms with E-state index in [-0.39, 0.29) is 5.75 Å². The number of benzene rings is 1. The molecule has 1 saturated heterocycles. The van der Waals surface area contributed by atoms with E-state index in [1.54, 1.807) is 4.31 Å². The van der Waals surface area contributed by atoms with Gasteiger partial charge in [0.05, 0.1) is 12.3 Å². The Balaban J connectivity index is 1.82. The van der Waals surface area contributed by atoms with Crippen molar-refractivity contribution in [3.8, 4) is 11.8 Å². The van der Waals surface area contributed by atoms with E-state index >= 15 is 0 Å². The van der Waals surface area contributed by atoms with Crippen LogP contribution in [0.25, 0.3) is 0 Å². The Morgan fingerprint density at radius 2 is 1.77 bits per heavy atom. The van der Waals surface area contributed by atoms with Crippen LogP contribution >= 0.6 is 0 Å². The Morgan fingerprint density at radius 3 is 2.36 bits per heavy atom. The second kappa shape index (κ2) is 7.77. The molecule has 0 aromatic heterocycles. The average Bonchev–Trinajstić information content (AvgIpc) is 2.50. The first-order valence-electron chi connectivity index (χ1n) is 7.62. The first-order valence-corrected chi connectivity index (χ1v) is 9.23. The molecule has 0 N–H and O–H groups in total. The second-order valence-corrected chi connectivity index (χ2v) is 7.58. The zero-order valence-electron chi connectivity index (χ0n) is 13.1. The predicted octanol–water partition coefficient (Wildman–Crippen LogP) is 1.58. The molecule has 119 valence electrons. The van der Waals surface area contributed by atoms with Crippen LogP contribution in [-0.4, -0.2) is 56.1 Å². The van der Waals surface area contributed by atoms with Crippen LogP contribution < -0.4 is 0 Å². The van der Waals surface area contributed by atoms with Crippen LogP contribution in [0.1, 0.15) is 24.5 Å². The van der Waals surface area contributed by atoms with E-state index in [0.717, 1.165) is 24.2 Å². The minimum absolute atomic E-state index is 0.245. The quantitative estimate of drug-likeness (QED) is 0.791. The van der Waals surface area contributed by atoms with Gasteiger partial charge in [-0.25, -0.2) is 8.42 Å². The van der Waals surface area contributed by atoms with Gasteiger partial charge in [-0.05, 0) is 31.0 Å². The third-order valence-corrected chi connectivity index (χ3v) is 5.75. The summed E-state index contributed by atoms with van der Waals surface area (Å²) < 4.78 is 25.6. The third-order valence-electron chi connectivity index (χ3n) is 3.68. The van der Waals surface area contributed by atoms with Gasteiger partial charge in [-0.15, -0.1) is 0 Å². The Labute approximate surface area is 134 Å². The molecule has 0 spiro atoms. The van der Waals surface area contributed by atoms with Crippen molar-refractivity contribution in [3.05, 3.63) is 42.3 Å². The summed E-state index contributed by atoms with van der Waals surface area (Å²) >= 11 is 0. The summed E-state index contributed by atoms with van der Waals surface area (Å²) in [6, 6.07) is 7.82.